The third-order valence-corrected chi connectivity index (χ3v) is 4.10. The van der Waals surface area contributed by atoms with Crippen molar-refractivity contribution in [1.82, 2.24) is 0 Å². The van der Waals surface area contributed by atoms with Crippen LogP contribution in [0.3, 0.4) is 0 Å². The van der Waals surface area contributed by atoms with Gasteiger partial charge >= 0.3 is 5.97 Å². The van der Waals surface area contributed by atoms with Crippen LogP contribution in [0.25, 0.3) is 0 Å². The van der Waals surface area contributed by atoms with Crippen LogP contribution >= 0.6 is 0 Å². The van der Waals surface area contributed by atoms with E-state index >= 15 is 0 Å². The van der Waals surface area contributed by atoms with Gasteiger partial charge in [-0.15, -0.1) is 0 Å². The van der Waals surface area contributed by atoms with E-state index in [9.17, 15) is 9.59 Å². The molecule has 4 heteroatoms. The Labute approximate surface area is 132 Å². The van der Waals surface area contributed by atoms with Gasteiger partial charge in [-0.1, -0.05) is 19.8 Å². The summed E-state index contributed by atoms with van der Waals surface area (Å²) in [7, 11) is 0. The molecule has 0 aromatic heterocycles. The fraction of sp³-hybridized carbons (Fsp3) is 0.556. The largest absolute Gasteiger partial charge is 0.442 e. The summed E-state index contributed by atoms with van der Waals surface area (Å²) in [5.41, 5.74) is 2.97. The lowest BCUT2D eigenvalue weighted by molar-refractivity contribution is -0.146. The standard InChI is InChI=1S/C18H25NO3/c1-3-4-5-8-18(22-14(2)21)19-11-6-7-16-12-15(13-20)9-10-17(16)19/h9-10,12-13,18H,3-8,11H2,1-2H3. The molecule has 0 aliphatic carbocycles. The molecule has 1 heterocycles. The maximum Gasteiger partial charge on any atom is 0.304 e. The number of fused-ring (bicyclic) bond motifs is 1. The molecule has 0 fully saturated rings. The second-order valence-electron chi connectivity index (χ2n) is 5.86. The van der Waals surface area contributed by atoms with Crippen molar-refractivity contribution in [1.29, 1.82) is 0 Å². The van der Waals surface area contributed by atoms with E-state index in [-0.39, 0.29) is 12.2 Å². The Morgan fingerprint density at radius 1 is 1.41 bits per heavy atom. The number of aryl methyl sites for hydroxylation is 1. The summed E-state index contributed by atoms with van der Waals surface area (Å²) < 4.78 is 5.57. The lowest BCUT2D eigenvalue weighted by atomic mass is 9.98. The molecule has 1 unspecified atom stereocenters. The van der Waals surface area contributed by atoms with Gasteiger partial charge in [0.05, 0.1) is 0 Å². The molecule has 1 aliphatic rings. The van der Waals surface area contributed by atoms with Crippen LogP contribution in [0.15, 0.2) is 18.2 Å². The van der Waals surface area contributed by atoms with Gasteiger partial charge in [0.25, 0.3) is 0 Å². The highest BCUT2D eigenvalue weighted by Crippen LogP contribution is 2.31. The molecular weight excluding hydrogens is 278 g/mol. The van der Waals surface area contributed by atoms with E-state index in [1.807, 2.05) is 18.2 Å². The highest BCUT2D eigenvalue weighted by molar-refractivity contribution is 5.77. The van der Waals surface area contributed by atoms with Gasteiger partial charge in [-0.3, -0.25) is 9.59 Å². The molecule has 120 valence electrons. The molecule has 0 spiro atoms. The minimum Gasteiger partial charge on any atom is -0.442 e. The van der Waals surface area contributed by atoms with Crippen LogP contribution in [-0.2, 0) is 16.0 Å². The van der Waals surface area contributed by atoms with Gasteiger partial charge in [0, 0.05) is 31.1 Å². The summed E-state index contributed by atoms with van der Waals surface area (Å²) in [6.45, 7) is 4.52. The summed E-state index contributed by atoms with van der Waals surface area (Å²) in [4.78, 5) is 24.6. The van der Waals surface area contributed by atoms with Gasteiger partial charge in [-0.25, -0.2) is 0 Å². The van der Waals surface area contributed by atoms with Crippen molar-refractivity contribution in [2.75, 3.05) is 11.4 Å². The number of unbranched alkanes of at least 4 members (excludes halogenated alkanes) is 2. The minimum atomic E-state index is -0.238. The Bertz CT molecular complexity index is 527. The predicted octanol–water partition coefficient (Wildman–Crippen LogP) is 3.72. The average molecular weight is 303 g/mol. The van der Waals surface area contributed by atoms with Gasteiger partial charge in [-0.2, -0.15) is 0 Å². The van der Waals surface area contributed by atoms with Crippen LogP contribution in [0.4, 0.5) is 5.69 Å². The Kier molecular flexibility index (Phi) is 5.99. The summed E-state index contributed by atoms with van der Waals surface area (Å²) >= 11 is 0. The maximum absolute atomic E-state index is 11.4. The van der Waals surface area contributed by atoms with E-state index in [1.165, 1.54) is 12.5 Å². The van der Waals surface area contributed by atoms with E-state index in [1.54, 1.807) is 0 Å². The molecule has 0 bridgehead atoms. The number of nitrogens with zero attached hydrogens (tertiary/aromatic N) is 1. The van der Waals surface area contributed by atoms with E-state index < -0.39 is 0 Å². The molecule has 0 amide bonds. The minimum absolute atomic E-state index is 0.204. The van der Waals surface area contributed by atoms with Gasteiger partial charge in [0.15, 0.2) is 6.23 Å². The fourth-order valence-electron chi connectivity index (χ4n) is 3.06. The Hall–Kier alpha value is -1.84. The highest BCUT2D eigenvalue weighted by atomic mass is 16.6. The van der Waals surface area contributed by atoms with Crippen LogP contribution < -0.4 is 4.90 Å². The van der Waals surface area contributed by atoms with E-state index in [0.717, 1.165) is 57.0 Å². The zero-order chi connectivity index (χ0) is 15.9. The molecule has 0 saturated carbocycles. The van der Waals surface area contributed by atoms with E-state index in [0.29, 0.717) is 5.56 Å². The van der Waals surface area contributed by atoms with Crippen molar-refractivity contribution < 1.29 is 14.3 Å². The number of benzene rings is 1. The zero-order valence-electron chi connectivity index (χ0n) is 13.5. The third-order valence-electron chi connectivity index (χ3n) is 4.10. The third kappa shape index (κ3) is 4.09. The molecule has 4 nitrogen and oxygen atoms in total. The van der Waals surface area contributed by atoms with Crippen molar-refractivity contribution in [3.8, 4) is 0 Å². The van der Waals surface area contributed by atoms with Crippen LogP contribution in [0, 0.1) is 0 Å². The number of hydrogen-bond acceptors (Lipinski definition) is 4. The monoisotopic (exact) mass is 303 g/mol. The van der Waals surface area contributed by atoms with Gasteiger partial charge in [0.1, 0.15) is 6.29 Å². The summed E-state index contributed by atoms with van der Waals surface area (Å²) in [6.07, 6.45) is 6.84. The first-order valence-electron chi connectivity index (χ1n) is 8.17. The van der Waals surface area contributed by atoms with Crippen LogP contribution in [0.1, 0.15) is 61.9 Å². The second-order valence-corrected chi connectivity index (χ2v) is 5.86. The van der Waals surface area contributed by atoms with Crippen molar-refractivity contribution in [3.63, 3.8) is 0 Å². The topological polar surface area (TPSA) is 46.6 Å². The first-order valence-corrected chi connectivity index (χ1v) is 8.17. The molecular formula is C18H25NO3. The van der Waals surface area contributed by atoms with E-state index in [4.69, 9.17) is 4.74 Å². The first kappa shape index (κ1) is 16.5. The molecule has 2 rings (SSSR count). The average Bonchev–Trinajstić information content (AvgIpc) is 2.52. The lowest BCUT2D eigenvalue weighted by Gasteiger charge is -2.37. The summed E-state index contributed by atoms with van der Waals surface area (Å²) in [6, 6.07) is 5.76. The van der Waals surface area contributed by atoms with Gasteiger partial charge < -0.3 is 9.64 Å². The maximum atomic E-state index is 11.4. The van der Waals surface area contributed by atoms with E-state index in [2.05, 4.69) is 11.8 Å². The fourth-order valence-corrected chi connectivity index (χ4v) is 3.06. The summed E-state index contributed by atoms with van der Waals surface area (Å²) in [5.74, 6) is -0.238. The number of carbonyl (C=O) groups excluding carboxylic acids is 2. The number of esters is 1. The molecule has 0 N–H and O–H groups in total. The summed E-state index contributed by atoms with van der Waals surface area (Å²) in [5, 5.41) is 0. The van der Waals surface area contributed by atoms with Gasteiger partial charge in [-0.05, 0) is 43.0 Å². The SMILES string of the molecule is CCCCCC(OC(C)=O)N1CCCc2cc(C=O)ccc21. The molecule has 1 aromatic carbocycles. The predicted molar refractivity (Wildman–Crippen MR) is 87.2 cm³/mol. The smallest absolute Gasteiger partial charge is 0.304 e. The van der Waals surface area contributed by atoms with Crippen molar-refractivity contribution >= 4 is 17.9 Å². The van der Waals surface area contributed by atoms with Crippen molar-refractivity contribution in [2.24, 2.45) is 0 Å². The Morgan fingerprint density at radius 3 is 2.91 bits per heavy atom. The van der Waals surface area contributed by atoms with Crippen LogP contribution in [0.5, 0.6) is 0 Å². The van der Waals surface area contributed by atoms with Crippen molar-refractivity contribution in [3.05, 3.63) is 29.3 Å². The second kappa shape index (κ2) is 7.97. The molecule has 22 heavy (non-hydrogen) atoms. The van der Waals surface area contributed by atoms with Crippen LogP contribution in [0.2, 0.25) is 0 Å². The zero-order valence-corrected chi connectivity index (χ0v) is 13.5. The molecule has 1 aromatic rings. The quantitative estimate of drug-likeness (QED) is 0.437. The van der Waals surface area contributed by atoms with Crippen molar-refractivity contribution in [2.45, 2.75) is 58.6 Å². The number of ether oxygens (including phenoxy) is 1. The molecule has 1 atom stereocenters. The van der Waals surface area contributed by atoms with Gasteiger partial charge in [0.2, 0.25) is 0 Å². The number of anilines is 1. The normalized spacial score (nSPS) is 15.1. The highest BCUT2D eigenvalue weighted by Gasteiger charge is 2.26. The lowest BCUT2D eigenvalue weighted by Crippen LogP contribution is -2.41. The molecule has 1 aliphatic heterocycles. The Balaban J connectivity index is 2.21. The first-order chi connectivity index (χ1) is 10.7. The Morgan fingerprint density at radius 2 is 2.23 bits per heavy atom. The molecule has 0 radical (unpaired) electrons. The number of rotatable bonds is 7. The number of hydrogen-bond donors (Lipinski definition) is 0. The number of aldehydes is 1. The number of carbonyl (C=O) groups is 2. The molecule has 0 saturated heterocycles. The van der Waals surface area contributed by atoms with Crippen LogP contribution in [-0.4, -0.2) is 25.0 Å².